The lowest BCUT2D eigenvalue weighted by atomic mass is 10.2. The Kier molecular flexibility index (Phi) is 5.21. The lowest BCUT2D eigenvalue weighted by Crippen LogP contribution is -2.12. The summed E-state index contributed by atoms with van der Waals surface area (Å²) in [5, 5.41) is 7.32. The predicted octanol–water partition coefficient (Wildman–Crippen LogP) is 3.19. The minimum absolute atomic E-state index is 0.127. The Morgan fingerprint density at radius 1 is 1.42 bits per heavy atom. The van der Waals surface area contributed by atoms with Gasteiger partial charge in [0.2, 0.25) is 17.6 Å². The molecule has 0 spiro atoms. The fourth-order valence-electron chi connectivity index (χ4n) is 2.00. The van der Waals surface area contributed by atoms with Crippen LogP contribution >= 0.6 is 23.1 Å². The van der Waals surface area contributed by atoms with Gasteiger partial charge in [0.1, 0.15) is 0 Å². The van der Waals surface area contributed by atoms with E-state index in [4.69, 9.17) is 4.52 Å². The third-order valence-electron chi connectivity index (χ3n) is 3.14. The van der Waals surface area contributed by atoms with E-state index in [2.05, 4.69) is 25.4 Å². The highest BCUT2D eigenvalue weighted by Gasteiger charge is 2.13. The molecule has 0 radical (unpaired) electrons. The molecule has 0 bridgehead atoms. The highest BCUT2D eigenvalue weighted by Crippen LogP contribution is 2.30. The lowest BCUT2D eigenvalue weighted by Gasteiger charge is -1.98. The van der Waals surface area contributed by atoms with E-state index in [9.17, 15) is 4.79 Å². The number of thioether (sulfide) groups is 1. The summed E-state index contributed by atoms with van der Waals surface area (Å²) in [7, 11) is 0. The molecule has 0 aliphatic carbocycles. The van der Waals surface area contributed by atoms with Crippen LogP contribution in [0, 0.1) is 6.92 Å². The highest BCUT2D eigenvalue weighted by atomic mass is 32.2. The van der Waals surface area contributed by atoms with Crippen LogP contribution in [0.1, 0.15) is 18.0 Å². The zero-order valence-electron chi connectivity index (χ0n) is 13.1. The summed E-state index contributed by atoms with van der Waals surface area (Å²) in [6, 6.07) is 3.65. The first-order chi connectivity index (χ1) is 11.7. The molecule has 0 saturated carbocycles. The molecule has 3 aromatic heterocycles. The van der Waals surface area contributed by atoms with Crippen LogP contribution in [0.15, 0.2) is 33.3 Å². The quantitative estimate of drug-likeness (QED) is 0.674. The van der Waals surface area contributed by atoms with Gasteiger partial charge in [0.05, 0.1) is 9.90 Å². The summed E-state index contributed by atoms with van der Waals surface area (Å²) in [6.45, 7) is 1.93. The number of hydrogen-bond acceptors (Lipinski definition) is 8. The minimum Gasteiger partial charge on any atom is -0.339 e. The average Bonchev–Trinajstić information content (AvgIpc) is 3.20. The number of rotatable bonds is 6. The zero-order chi connectivity index (χ0) is 16.9. The molecule has 124 valence electrons. The summed E-state index contributed by atoms with van der Waals surface area (Å²) in [5.74, 6) is 0.764. The first-order valence-corrected chi connectivity index (χ1v) is 9.24. The standard InChI is InChI=1S/C15H15N5O2S2/c1-9-14(23-2)24-15(17-9)18-11(21)5-6-12-19-13(20-22-12)10-4-3-7-16-8-10/h3-4,7-8H,5-6H2,1-2H3,(H,17,18,21). The third kappa shape index (κ3) is 3.98. The van der Waals surface area contributed by atoms with E-state index in [1.54, 1.807) is 30.2 Å². The molecule has 1 amide bonds. The van der Waals surface area contributed by atoms with Crippen molar-refractivity contribution in [1.29, 1.82) is 0 Å². The van der Waals surface area contributed by atoms with Crippen LogP contribution in [-0.2, 0) is 11.2 Å². The van der Waals surface area contributed by atoms with Crippen molar-refractivity contribution in [2.45, 2.75) is 24.0 Å². The number of carbonyl (C=O) groups excluding carboxylic acids is 1. The highest BCUT2D eigenvalue weighted by molar-refractivity contribution is 8.00. The Bertz CT molecular complexity index is 832. The number of nitrogens with one attached hydrogen (secondary N) is 1. The van der Waals surface area contributed by atoms with E-state index in [1.807, 2.05) is 19.2 Å². The molecule has 0 aliphatic heterocycles. The number of carbonyl (C=O) groups is 1. The van der Waals surface area contributed by atoms with Crippen LogP contribution in [0.25, 0.3) is 11.4 Å². The lowest BCUT2D eigenvalue weighted by molar-refractivity contribution is -0.116. The van der Waals surface area contributed by atoms with E-state index in [1.165, 1.54) is 11.3 Å². The van der Waals surface area contributed by atoms with Gasteiger partial charge in [-0.25, -0.2) is 4.98 Å². The number of anilines is 1. The van der Waals surface area contributed by atoms with E-state index in [0.717, 1.165) is 15.5 Å². The molecule has 0 fully saturated rings. The zero-order valence-corrected chi connectivity index (χ0v) is 14.8. The summed E-state index contributed by atoms with van der Waals surface area (Å²) in [5.41, 5.74) is 1.71. The third-order valence-corrected chi connectivity index (χ3v) is 5.42. The molecule has 3 rings (SSSR count). The number of hydrogen-bond donors (Lipinski definition) is 1. The molecule has 0 saturated heterocycles. The molecule has 9 heteroatoms. The Morgan fingerprint density at radius 2 is 2.29 bits per heavy atom. The van der Waals surface area contributed by atoms with Crippen LogP contribution in [-0.4, -0.2) is 32.3 Å². The molecular formula is C15H15N5O2S2. The van der Waals surface area contributed by atoms with Crippen molar-refractivity contribution in [3.63, 3.8) is 0 Å². The second kappa shape index (κ2) is 7.54. The molecule has 3 heterocycles. The molecule has 0 aromatic carbocycles. The van der Waals surface area contributed by atoms with Gasteiger partial charge in [-0.05, 0) is 25.3 Å². The van der Waals surface area contributed by atoms with Crippen LogP contribution in [0.3, 0.4) is 0 Å². The van der Waals surface area contributed by atoms with Crippen molar-refractivity contribution >= 4 is 34.1 Å². The van der Waals surface area contributed by atoms with Gasteiger partial charge in [0.25, 0.3) is 0 Å². The maximum Gasteiger partial charge on any atom is 0.227 e. The molecule has 3 aromatic rings. The Labute approximate surface area is 146 Å². The average molecular weight is 361 g/mol. The number of thiazole rings is 1. The van der Waals surface area contributed by atoms with Gasteiger partial charge in [-0.3, -0.25) is 9.78 Å². The number of aromatic nitrogens is 4. The van der Waals surface area contributed by atoms with E-state index in [-0.39, 0.29) is 12.3 Å². The van der Waals surface area contributed by atoms with Gasteiger partial charge in [-0.15, -0.1) is 11.8 Å². The van der Waals surface area contributed by atoms with Crippen molar-refractivity contribution in [3.05, 3.63) is 36.1 Å². The molecule has 0 unspecified atom stereocenters. The summed E-state index contributed by atoms with van der Waals surface area (Å²) >= 11 is 3.09. The van der Waals surface area contributed by atoms with E-state index >= 15 is 0 Å². The Balaban J connectivity index is 1.55. The fourth-order valence-corrected chi connectivity index (χ4v) is 3.62. The first kappa shape index (κ1) is 16.6. The van der Waals surface area contributed by atoms with Crippen molar-refractivity contribution in [3.8, 4) is 11.4 Å². The topological polar surface area (TPSA) is 93.8 Å². The van der Waals surface area contributed by atoms with Gasteiger partial charge in [0.15, 0.2) is 5.13 Å². The van der Waals surface area contributed by atoms with Crippen molar-refractivity contribution < 1.29 is 9.32 Å². The van der Waals surface area contributed by atoms with Gasteiger partial charge >= 0.3 is 0 Å². The predicted molar refractivity (Wildman–Crippen MR) is 93.1 cm³/mol. The van der Waals surface area contributed by atoms with Gasteiger partial charge in [-0.1, -0.05) is 16.5 Å². The van der Waals surface area contributed by atoms with Crippen LogP contribution in [0.4, 0.5) is 5.13 Å². The molecule has 0 aliphatic rings. The first-order valence-electron chi connectivity index (χ1n) is 7.20. The van der Waals surface area contributed by atoms with Gasteiger partial charge < -0.3 is 9.84 Å². The normalized spacial score (nSPS) is 10.8. The summed E-state index contributed by atoms with van der Waals surface area (Å²) in [4.78, 5) is 24.6. The second-order valence-electron chi connectivity index (χ2n) is 4.90. The van der Waals surface area contributed by atoms with Crippen LogP contribution < -0.4 is 5.32 Å². The van der Waals surface area contributed by atoms with Crippen molar-refractivity contribution in [2.24, 2.45) is 0 Å². The number of aryl methyl sites for hydroxylation is 2. The number of nitrogens with zero attached hydrogens (tertiary/aromatic N) is 4. The minimum atomic E-state index is -0.127. The van der Waals surface area contributed by atoms with E-state index in [0.29, 0.717) is 23.3 Å². The molecule has 24 heavy (non-hydrogen) atoms. The van der Waals surface area contributed by atoms with Crippen molar-refractivity contribution in [1.82, 2.24) is 20.1 Å². The Morgan fingerprint density at radius 3 is 3.00 bits per heavy atom. The Hall–Kier alpha value is -2.26. The second-order valence-corrected chi connectivity index (χ2v) is 6.97. The molecule has 0 atom stereocenters. The number of amides is 1. The fraction of sp³-hybridized carbons (Fsp3) is 0.267. The molecular weight excluding hydrogens is 346 g/mol. The monoisotopic (exact) mass is 361 g/mol. The largest absolute Gasteiger partial charge is 0.339 e. The van der Waals surface area contributed by atoms with Crippen LogP contribution in [0.2, 0.25) is 0 Å². The maximum absolute atomic E-state index is 12.0. The summed E-state index contributed by atoms with van der Waals surface area (Å²) < 4.78 is 6.28. The van der Waals surface area contributed by atoms with Gasteiger partial charge in [0, 0.05) is 30.8 Å². The van der Waals surface area contributed by atoms with Gasteiger partial charge in [-0.2, -0.15) is 4.98 Å². The summed E-state index contributed by atoms with van der Waals surface area (Å²) in [6.07, 6.45) is 5.95. The van der Waals surface area contributed by atoms with Crippen LogP contribution in [0.5, 0.6) is 0 Å². The molecule has 7 nitrogen and oxygen atoms in total. The molecule has 1 N–H and O–H groups in total. The SMILES string of the molecule is CSc1sc(NC(=O)CCc2nc(-c3cccnc3)no2)nc1C. The van der Waals surface area contributed by atoms with E-state index < -0.39 is 0 Å². The number of pyridine rings is 1. The smallest absolute Gasteiger partial charge is 0.227 e. The maximum atomic E-state index is 12.0. The van der Waals surface area contributed by atoms with Crippen molar-refractivity contribution in [2.75, 3.05) is 11.6 Å².